The van der Waals surface area contributed by atoms with Crippen molar-refractivity contribution in [2.24, 2.45) is 11.5 Å². The zero-order valence-electron chi connectivity index (χ0n) is 9.36. The second-order valence-electron chi connectivity index (χ2n) is 3.31. The molecule has 7 nitrogen and oxygen atoms in total. The van der Waals surface area contributed by atoms with Gasteiger partial charge in [-0.15, -0.1) is 0 Å². The van der Waals surface area contributed by atoms with Gasteiger partial charge in [0.1, 0.15) is 17.3 Å². The van der Waals surface area contributed by atoms with Gasteiger partial charge in [-0.3, -0.25) is 14.4 Å². The number of carboxylic acid groups (broad SMARTS) is 2. The summed E-state index contributed by atoms with van der Waals surface area (Å²) in [6, 6.07) is -2.62. The molecule has 0 fully saturated rings. The Bertz CT molecular complexity index is 358. The van der Waals surface area contributed by atoms with Crippen LogP contribution in [0.3, 0.4) is 0 Å². The summed E-state index contributed by atoms with van der Waals surface area (Å²) in [4.78, 5) is 31.5. The molecule has 0 aromatic rings. The number of ketones is 1. The highest BCUT2D eigenvalue weighted by Crippen LogP contribution is 2.31. The minimum atomic E-state index is -1.49. The number of hydrogen-bond donors (Lipinski definition) is 4. The van der Waals surface area contributed by atoms with E-state index in [4.69, 9.17) is 44.9 Å². The lowest BCUT2D eigenvalue weighted by Gasteiger charge is -2.19. The van der Waals surface area contributed by atoms with Gasteiger partial charge in [0.15, 0.2) is 10.6 Å². The maximum atomic E-state index is 11.6. The van der Waals surface area contributed by atoms with Crippen LogP contribution in [0.1, 0.15) is 0 Å². The molecule has 0 bridgehead atoms. The minimum absolute atomic E-state index is 0.0225. The fraction of sp³-hybridized carbons (Fsp3) is 0.625. The Morgan fingerprint density at radius 1 is 1.11 bits per heavy atom. The van der Waals surface area contributed by atoms with E-state index >= 15 is 0 Å². The number of carboxylic acids is 2. The van der Waals surface area contributed by atoms with Gasteiger partial charge in [0, 0.05) is 5.75 Å². The van der Waals surface area contributed by atoms with Gasteiger partial charge in [0.2, 0.25) is 0 Å². The molecular formula is C8H12Cl2N2O5S2. The van der Waals surface area contributed by atoms with E-state index in [1.165, 1.54) is 0 Å². The quantitative estimate of drug-likeness (QED) is 0.331. The van der Waals surface area contributed by atoms with Gasteiger partial charge >= 0.3 is 11.9 Å². The fourth-order valence-corrected chi connectivity index (χ4v) is 3.96. The van der Waals surface area contributed by atoms with Crippen LogP contribution >= 0.6 is 44.8 Å². The highest BCUT2D eigenvalue weighted by atomic mass is 35.5. The van der Waals surface area contributed by atoms with Crippen LogP contribution in [0.2, 0.25) is 0 Å². The van der Waals surface area contributed by atoms with E-state index in [1.54, 1.807) is 0 Å². The standard InChI is InChI=1S/C8H12Cl2N2O5S2/c9-6(10)4(13)5(3(12)8(16)17)19-18-1-2(11)7(14)15/h2-3,5-6H,1,11-12H2,(H,14,15)(H,16,17)/t2-,3-,5?/m0/s1. The summed E-state index contributed by atoms with van der Waals surface area (Å²) in [5, 5.41) is 16.2. The first-order valence-corrected chi connectivity index (χ1v) is 8.00. The molecule has 0 aliphatic rings. The number of carbonyl (C=O) groups excluding carboxylic acids is 1. The molecule has 0 spiro atoms. The van der Waals surface area contributed by atoms with Crippen LogP contribution < -0.4 is 11.5 Å². The number of carbonyl (C=O) groups is 3. The van der Waals surface area contributed by atoms with Crippen molar-refractivity contribution in [3.05, 3.63) is 0 Å². The lowest BCUT2D eigenvalue weighted by atomic mass is 10.1. The molecule has 6 N–H and O–H groups in total. The second-order valence-corrected chi connectivity index (χ2v) is 6.96. The van der Waals surface area contributed by atoms with E-state index in [0.717, 1.165) is 21.6 Å². The first-order valence-electron chi connectivity index (χ1n) is 4.75. The Morgan fingerprint density at radius 2 is 1.63 bits per heavy atom. The van der Waals surface area contributed by atoms with E-state index < -0.39 is 39.9 Å². The maximum absolute atomic E-state index is 11.6. The van der Waals surface area contributed by atoms with Crippen molar-refractivity contribution >= 4 is 62.5 Å². The summed E-state index contributed by atoms with van der Waals surface area (Å²) in [5.41, 5.74) is 10.6. The van der Waals surface area contributed by atoms with Gasteiger partial charge in [-0.05, 0) is 0 Å². The van der Waals surface area contributed by atoms with Crippen molar-refractivity contribution in [1.29, 1.82) is 0 Å². The molecule has 0 aliphatic heterocycles. The number of alkyl halides is 2. The highest BCUT2D eigenvalue weighted by molar-refractivity contribution is 8.77. The van der Waals surface area contributed by atoms with Crippen molar-refractivity contribution in [3.8, 4) is 0 Å². The molecule has 0 amide bonds. The van der Waals surface area contributed by atoms with Crippen LogP contribution in [0.4, 0.5) is 0 Å². The number of halogens is 2. The SMILES string of the molecule is N[C@H](C(=O)O)C(SSC[C@H](N)C(=O)O)C(=O)C(Cl)Cl. The zero-order chi connectivity index (χ0) is 15.2. The second kappa shape index (κ2) is 8.88. The molecule has 0 heterocycles. The Hall–Kier alpha value is -0.190. The van der Waals surface area contributed by atoms with E-state index in [2.05, 4.69) is 0 Å². The summed E-state index contributed by atoms with van der Waals surface area (Å²) >= 11 is 10.8. The molecule has 0 aliphatic carbocycles. The molecule has 3 atom stereocenters. The van der Waals surface area contributed by atoms with Crippen LogP contribution in [-0.4, -0.2) is 55.9 Å². The smallest absolute Gasteiger partial charge is 0.322 e. The first-order chi connectivity index (χ1) is 8.68. The third-order valence-corrected chi connectivity index (χ3v) is 5.08. The third-order valence-electron chi connectivity index (χ3n) is 1.84. The van der Waals surface area contributed by atoms with E-state index in [9.17, 15) is 14.4 Å². The molecule has 1 unspecified atom stereocenters. The normalized spacial score (nSPS) is 15.8. The monoisotopic (exact) mass is 350 g/mol. The minimum Gasteiger partial charge on any atom is -0.480 e. The molecular weight excluding hydrogens is 339 g/mol. The van der Waals surface area contributed by atoms with Crippen molar-refractivity contribution in [3.63, 3.8) is 0 Å². The molecule has 11 heteroatoms. The molecule has 110 valence electrons. The molecule has 0 aromatic carbocycles. The van der Waals surface area contributed by atoms with Gasteiger partial charge in [-0.1, -0.05) is 44.8 Å². The van der Waals surface area contributed by atoms with Gasteiger partial charge in [0.25, 0.3) is 0 Å². The van der Waals surface area contributed by atoms with Crippen molar-refractivity contribution < 1.29 is 24.6 Å². The largest absolute Gasteiger partial charge is 0.480 e. The van der Waals surface area contributed by atoms with E-state index in [0.29, 0.717) is 0 Å². The number of Topliss-reactive ketones (excluding diaryl/α,β-unsaturated/α-hetero) is 1. The summed E-state index contributed by atoms with van der Waals surface area (Å²) in [6.45, 7) is 0. The average Bonchev–Trinajstić information content (AvgIpc) is 2.32. The zero-order valence-corrected chi connectivity index (χ0v) is 12.5. The summed E-state index contributed by atoms with van der Waals surface area (Å²) < 4.78 is 0. The van der Waals surface area contributed by atoms with Crippen molar-refractivity contribution in [1.82, 2.24) is 0 Å². The van der Waals surface area contributed by atoms with Gasteiger partial charge in [-0.2, -0.15) is 0 Å². The summed E-state index contributed by atoms with van der Waals surface area (Å²) in [5.74, 6) is -3.36. The molecule has 0 saturated carbocycles. The number of nitrogens with two attached hydrogens (primary N) is 2. The van der Waals surface area contributed by atoms with Gasteiger partial charge in [-0.25, -0.2) is 0 Å². The topological polar surface area (TPSA) is 144 Å². The molecule has 0 rings (SSSR count). The predicted octanol–water partition coefficient (Wildman–Crippen LogP) is -0.0670. The van der Waals surface area contributed by atoms with Crippen LogP contribution in [0, 0.1) is 0 Å². The Kier molecular flexibility index (Phi) is 8.79. The number of hydrogen-bond acceptors (Lipinski definition) is 7. The van der Waals surface area contributed by atoms with E-state index in [-0.39, 0.29) is 5.75 Å². The number of aliphatic carboxylic acids is 2. The molecule has 0 aromatic heterocycles. The Morgan fingerprint density at radius 3 is 2.00 bits per heavy atom. The Labute approximate surface area is 126 Å². The molecule has 0 radical (unpaired) electrons. The lowest BCUT2D eigenvalue weighted by molar-refractivity contribution is -0.140. The number of rotatable bonds is 9. The van der Waals surface area contributed by atoms with Crippen molar-refractivity contribution in [2.45, 2.75) is 22.2 Å². The predicted molar refractivity (Wildman–Crippen MR) is 75.6 cm³/mol. The Balaban J connectivity index is 4.56. The van der Waals surface area contributed by atoms with Crippen LogP contribution in [0.15, 0.2) is 0 Å². The third kappa shape index (κ3) is 6.68. The summed E-state index contributed by atoms with van der Waals surface area (Å²) in [6.07, 6.45) is 0. The maximum Gasteiger partial charge on any atom is 0.322 e. The first kappa shape index (κ1) is 18.8. The summed E-state index contributed by atoms with van der Waals surface area (Å²) in [7, 11) is 1.71. The lowest BCUT2D eigenvalue weighted by Crippen LogP contribution is -2.45. The van der Waals surface area contributed by atoms with Crippen LogP contribution in [0.25, 0.3) is 0 Å². The van der Waals surface area contributed by atoms with Crippen LogP contribution in [-0.2, 0) is 14.4 Å². The highest BCUT2D eigenvalue weighted by Gasteiger charge is 2.34. The fourth-order valence-electron chi connectivity index (χ4n) is 0.795. The van der Waals surface area contributed by atoms with Gasteiger partial charge < -0.3 is 21.7 Å². The van der Waals surface area contributed by atoms with Crippen LogP contribution in [0.5, 0.6) is 0 Å². The molecule has 19 heavy (non-hydrogen) atoms. The average molecular weight is 351 g/mol. The van der Waals surface area contributed by atoms with Gasteiger partial charge in [0.05, 0.1) is 0 Å². The van der Waals surface area contributed by atoms with Crippen molar-refractivity contribution in [2.75, 3.05) is 5.75 Å². The molecule has 0 saturated heterocycles. The van der Waals surface area contributed by atoms with E-state index in [1.807, 2.05) is 0 Å².